The minimum atomic E-state index is -5.00. The third-order valence-electron chi connectivity index (χ3n) is 17.5. The van der Waals surface area contributed by atoms with Gasteiger partial charge in [-0.1, -0.05) is 292 Å². The molecule has 104 heavy (non-hydrogen) atoms. The number of ether oxygens (including phenoxy) is 4. The number of rotatable bonds is 78. The van der Waals surface area contributed by atoms with Crippen molar-refractivity contribution in [1.82, 2.24) is 0 Å². The molecule has 0 saturated heterocycles. The number of phosphoric acid groups is 2. The number of hydrogen-bond donors (Lipinski definition) is 3. The van der Waals surface area contributed by atoms with Crippen molar-refractivity contribution in [1.29, 1.82) is 0 Å². The normalized spacial score (nSPS) is 14.3. The summed E-state index contributed by atoms with van der Waals surface area (Å²) < 4.78 is 68.6. The lowest BCUT2D eigenvalue weighted by atomic mass is 10.1. The van der Waals surface area contributed by atoms with E-state index in [0.29, 0.717) is 32.1 Å². The highest BCUT2D eigenvalue weighted by molar-refractivity contribution is 7.47. The molecule has 0 amide bonds. The van der Waals surface area contributed by atoms with Gasteiger partial charge < -0.3 is 33.8 Å². The molecule has 0 aromatic rings. The number of hydrogen-bond acceptors (Lipinski definition) is 15. The first-order valence-electron chi connectivity index (χ1n) is 41.5. The topological polar surface area (TPSA) is 237 Å². The van der Waals surface area contributed by atoms with Crippen LogP contribution in [0.2, 0.25) is 0 Å². The van der Waals surface area contributed by atoms with Crippen LogP contribution in [0.25, 0.3) is 0 Å². The molecule has 0 heterocycles. The van der Waals surface area contributed by atoms with Crippen LogP contribution in [0.1, 0.15) is 362 Å². The summed E-state index contributed by atoms with van der Waals surface area (Å²) in [7, 11) is -9.98. The monoisotopic (exact) mass is 1510 g/mol. The number of allylic oxidation sites excluding steroid dienone is 16. The molecular weight excluding hydrogens is 1350 g/mol. The molecule has 0 aliphatic heterocycles. The van der Waals surface area contributed by atoms with Gasteiger partial charge >= 0.3 is 39.5 Å². The van der Waals surface area contributed by atoms with Gasteiger partial charge in [-0.05, 0) is 141 Å². The number of unbranched alkanes of at least 4 members (excludes halogenated alkanes) is 36. The highest BCUT2D eigenvalue weighted by atomic mass is 31.2. The Balaban J connectivity index is 5.42. The van der Waals surface area contributed by atoms with Crippen LogP contribution in [0.15, 0.2) is 97.2 Å². The maximum Gasteiger partial charge on any atom is 0.472 e. The number of carbonyl (C=O) groups is 4. The molecule has 0 aromatic carbocycles. The van der Waals surface area contributed by atoms with Gasteiger partial charge in [0.25, 0.3) is 0 Å². The Morgan fingerprint density at radius 2 is 0.490 bits per heavy atom. The van der Waals surface area contributed by atoms with E-state index >= 15 is 0 Å². The molecule has 0 aromatic heterocycles. The molecule has 2 unspecified atom stereocenters. The van der Waals surface area contributed by atoms with Crippen molar-refractivity contribution in [3.8, 4) is 0 Å². The zero-order chi connectivity index (χ0) is 76.0. The van der Waals surface area contributed by atoms with Gasteiger partial charge in [0.2, 0.25) is 0 Å². The molecule has 0 aliphatic rings. The highest BCUT2D eigenvalue weighted by Crippen LogP contribution is 2.45. The Bertz CT molecular complexity index is 2350. The van der Waals surface area contributed by atoms with E-state index in [4.69, 9.17) is 37.0 Å². The largest absolute Gasteiger partial charge is 0.472 e. The molecule has 0 aliphatic carbocycles. The molecule has 0 rings (SSSR count). The minimum Gasteiger partial charge on any atom is -0.462 e. The van der Waals surface area contributed by atoms with Crippen LogP contribution in [0.4, 0.5) is 0 Å². The average Bonchev–Trinajstić information content (AvgIpc) is 0.918. The van der Waals surface area contributed by atoms with Crippen LogP contribution >= 0.6 is 15.6 Å². The lowest BCUT2D eigenvalue weighted by molar-refractivity contribution is -0.161. The Labute approximate surface area is 633 Å². The summed E-state index contributed by atoms with van der Waals surface area (Å²) in [6.07, 6.45) is 82.5. The fraction of sp³-hybridized carbons (Fsp3) is 0.765. The fourth-order valence-electron chi connectivity index (χ4n) is 11.1. The van der Waals surface area contributed by atoms with Gasteiger partial charge in [-0.2, -0.15) is 0 Å². The first-order chi connectivity index (χ1) is 50.7. The van der Waals surface area contributed by atoms with Gasteiger partial charge in [0.1, 0.15) is 19.3 Å². The molecule has 19 heteroatoms. The van der Waals surface area contributed by atoms with Crippen molar-refractivity contribution in [2.24, 2.45) is 0 Å². The molecule has 602 valence electrons. The van der Waals surface area contributed by atoms with Crippen LogP contribution in [0.3, 0.4) is 0 Å². The molecule has 17 nitrogen and oxygen atoms in total. The molecular formula is C85H150O17P2. The lowest BCUT2D eigenvalue weighted by Gasteiger charge is -2.21. The molecule has 0 saturated carbocycles. The van der Waals surface area contributed by atoms with Gasteiger partial charge in [0, 0.05) is 25.7 Å². The first-order valence-corrected chi connectivity index (χ1v) is 44.5. The van der Waals surface area contributed by atoms with E-state index in [0.717, 1.165) is 141 Å². The van der Waals surface area contributed by atoms with Gasteiger partial charge in [0.05, 0.1) is 26.4 Å². The second kappa shape index (κ2) is 77.1. The zero-order valence-corrected chi connectivity index (χ0v) is 67.7. The maximum absolute atomic E-state index is 13.1. The van der Waals surface area contributed by atoms with E-state index in [1.54, 1.807) is 0 Å². The van der Waals surface area contributed by atoms with Crippen LogP contribution in [0, 0.1) is 0 Å². The second-order valence-electron chi connectivity index (χ2n) is 27.7. The zero-order valence-electron chi connectivity index (χ0n) is 65.9. The summed E-state index contributed by atoms with van der Waals surface area (Å²) in [5, 5.41) is 10.6. The van der Waals surface area contributed by atoms with Crippen molar-refractivity contribution < 1.29 is 80.2 Å². The third kappa shape index (κ3) is 76.2. The van der Waals surface area contributed by atoms with E-state index in [1.165, 1.54) is 135 Å². The van der Waals surface area contributed by atoms with Crippen molar-refractivity contribution in [2.45, 2.75) is 380 Å². The van der Waals surface area contributed by atoms with E-state index in [1.807, 2.05) is 12.2 Å². The van der Waals surface area contributed by atoms with Crippen LogP contribution < -0.4 is 0 Å². The van der Waals surface area contributed by atoms with E-state index < -0.39 is 97.5 Å². The molecule has 5 atom stereocenters. The average molecular weight is 1510 g/mol. The van der Waals surface area contributed by atoms with Crippen LogP contribution in [-0.2, 0) is 65.4 Å². The Kier molecular flexibility index (Phi) is 74.2. The smallest absolute Gasteiger partial charge is 0.462 e. The summed E-state index contributed by atoms with van der Waals surface area (Å²) in [5.74, 6) is -2.28. The highest BCUT2D eigenvalue weighted by Gasteiger charge is 2.30. The second-order valence-corrected chi connectivity index (χ2v) is 30.6. The third-order valence-corrected chi connectivity index (χ3v) is 19.4. The SMILES string of the molecule is CCCCC/C=C\C/C=C\C/C=C\C/C=C\C/C=C\CCC(=O)OC[C@H](COP(=O)(O)OC[C@@H](O)COP(=O)(O)OC[C@@H](COC(=O)CCCCCCC/C=C\CCCCCCCC)OC(=O)CCCCCCC/C=C\CCCCCCCC)OC(=O)CCCCCCC/C=C\CCCCCCCC. The maximum atomic E-state index is 13.1. The standard InChI is InChI=1S/C85H150O17P2/c1-5-9-13-17-21-25-29-33-37-38-39-40-44-46-50-54-58-62-66-70-83(88)96-76-81(102-85(90)72-68-64-60-56-52-48-43-36-32-28-24-20-16-12-8-4)78-100-104(93,94)98-74-79(86)73-97-103(91,92)99-77-80(101-84(89)71-67-63-59-55-51-47-42-35-31-27-23-19-15-11-7-3)75-95-82(87)69-65-61-57-53-49-45-41-34-30-26-22-18-14-10-6-2/h21,25,33-37,39-43,46,50,58,62,79-81,86H,5-20,22-24,26-32,38,44-45,47-49,51-57,59-61,63-78H2,1-4H3,(H,91,92)(H,93,94)/b25-21-,37-33-,40-39-,41-34-,42-35-,43-36-,50-46-,62-58-/t79-,80+,81+/m0/s1. The van der Waals surface area contributed by atoms with E-state index in [9.17, 15) is 43.2 Å². The molecule has 3 N–H and O–H groups in total. The Hall–Kier alpha value is -4.02. The molecule has 0 radical (unpaired) electrons. The van der Waals surface area contributed by atoms with Gasteiger partial charge in [0.15, 0.2) is 12.2 Å². The quantitative estimate of drug-likeness (QED) is 0.0169. The van der Waals surface area contributed by atoms with E-state index in [2.05, 4.69) is 113 Å². The molecule has 0 bridgehead atoms. The molecule has 0 fully saturated rings. The summed E-state index contributed by atoms with van der Waals surface area (Å²) in [4.78, 5) is 73.0. The molecule has 0 spiro atoms. The van der Waals surface area contributed by atoms with Crippen LogP contribution in [-0.4, -0.2) is 96.7 Å². The fourth-order valence-corrected chi connectivity index (χ4v) is 12.7. The van der Waals surface area contributed by atoms with Gasteiger partial charge in [-0.15, -0.1) is 0 Å². The summed E-state index contributed by atoms with van der Waals surface area (Å²) >= 11 is 0. The first kappa shape index (κ1) is 100.0. The van der Waals surface area contributed by atoms with Gasteiger partial charge in [-0.25, -0.2) is 9.13 Å². The predicted molar refractivity (Wildman–Crippen MR) is 427 cm³/mol. The number of carbonyl (C=O) groups excluding carboxylic acids is 4. The van der Waals surface area contributed by atoms with Crippen LogP contribution in [0.5, 0.6) is 0 Å². The van der Waals surface area contributed by atoms with Gasteiger partial charge in [-0.3, -0.25) is 37.3 Å². The Morgan fingerprint density at radius 3 is 0.808 bits per heavy atom. The van der Waals surface area contributed by atoms with Crippen molar-refractivity contribution in [3.05, 3.63) is 97.2 Å². The number of phosphoric ester groups is 2. The lowest BCUT2D eigenvalue weighted by Crippen LogP contribution is -2.30. The van der Waals surface area contributed by atoms with E-state index in [-0.39, 0.29) is 25.7 Å². The summed E-state index contributed by atoms with van der Waals surface area (Å²) in [6, 6.07) is 0. The van der Waals surface area contributed by atoms with Crippen molar-refractivity contribution in [2.75, 3.05) is 39.6 Å². The Morgan fingerprint density at radius 1 is 0.269 bits per heavy atom. The number of aliphatic hydroxyl groups is 1. The predicted octanol–water partition coefficient (Wildman–Crippen LogP) is 24.3. The summed E-state index contributed by atoms with van der Waals surface area (Å²) in [6.45, 7) is 4.77. The minimum absolute atomic E-state index is 0.0368. The summed E-state index contributed by atoms with van der Waals surface area (Å²) in [5.41, 5.74) is 0. The van der Waals surface area contributed by atoms with Crippen molar-refractivity contribution >= 4 is 39.5 Å². The number of esters is 4. The van der Waals surface area contributed by atoms with Crippen molar-refractivity contribution in [3.63, 3.8) is 0 Å². The number of aliphatic hydroxyl groups excluding tert-OH is 1.